The Morgan fingerprint density at radius 2 is 2.00 bits per heavy atom. The molecule has 0 bridgehead atoms. The number of hydrogen-bond acceptors (Lipinski definition) is 2. The third-order valence-electron chi connectivity index (χ3n) is 2.25. The Balaban J connectivity index is 2.31. The summed E-state index contributed by atoms with van der Waals surface area (Å²) in [6, 6.07) is 6.47. The van der Waals surface area contributed by atoms with E-state index in [1.807, 2.05) is 0 Å². The van der Waals surface area contributed by atoms with E-state index in [2.05, 4.69) is 26.2 Å². The maximum Gasteiger partial charge on any atom is 0.257 e. The molecule has 0 atom stereocenters. The zero-order valence-corrected chi connectivity index (χ0v) is 13.1. The molecule has 1 heterocycles. The number of amides is 1. The van der Waals surface area contributed by atoms with Crippen molar-refractivity contribution in [2.45, 2.75) is 0 Å². The summed E-state index contributed by atoms with van der Waals surface area (Å²) in [6.45, 7) is 0. The third kappa shape index (κ3) is 3.39. The third-order valence-corrected chi connectivity index (χ3v) is 3.80. The molecule has 2 aromatic rings. The smallest absolute Gasteiger partial charge is 0.257 e. The van der Waals surface area contributed by atoms with Gasteiger partial charge in [-0.2, -0.15) is 0 Å². The van der Waals surface area contributed by atoms with Crippen LogP contribution in [0.4, 0.5) is 5.69 Å². The number of pyridine rings is 1. The molecule has 0 unspecified atom stereocenters. The maximum atomic E-state index is 12.1. The molecule has 1 aromatic heterocycles. The Morgan fingerprint density at radius 1 is 1.26 bits per heavy atom. The lowest BCUT2D eigenvalue weighted by Crippen LogP contribution is -2.13. The second-order valence-corrected chi connectivity index (χ2v) is 5.61. The van der Waals surface area contributed by atoms with Crippen molar-refractivity contribution in [3.8, 4) is 0 Å². The van der Waals surface area contributed by atoms with Gasteiger partial charge in [-0.15, -0.1) is 0 Å². The molecule has 0 radical (unpaired) electrons. The van der Waals surface area contributed by atoms with Crippen molar-refractivity contribution >= 4 is 62.3 Å². The normalized spacial score (nSPS) is 10.3. The Labute approximate surface area is 133 Å². The van der Waals surface area contributed by atoms with Gasteiger partial charge >= 0.3 is 0 Å². The van der Waals surface area contributed by atoms with Gasteiger partial charge in [0.2, 0.25) is 0 Å². The van der Waals surface area contributed by atoms with Crippen molar-refractivity contribution in [3.05, 3.63) is 55.7 Å². The number of benzene rings is 1. The minimum atomic E-state index is -0.408. The molecule has 2 rings (SSSR count). The van der Waals surface area contributed by atoms with Crippen LogP contribution >= 0.6 is 50.7 Å². The first-order valence-electron chi connectivity index (χ1n) is 5.05. The first-order valence-corrected chi connectivity index (χ1v) is 6.98. The average Bonchev–Trinajstić information content (AvgIpc) is 2.37. The second kappa shape index (κ2) is 6.09. The summed E-state index contributed by atoms with van der Waals surface area (Å²) in [5.41, 5.74) is 0.655. The molecule has 0 aliphatic carbocycles. The monoisotopic (exact) mass is 378 g/mol. The Bertz CT molecular complexity index is 649. The summed E-state index contributed by atoms with van der Waals surface area (Å²) in [5.74, 6) is -0.408. The zero-order chi connectivity index (χ0) is 14.0. The fourth-order valence-electron chi connectivity index (χ4n) is 1.38. The largest absolute Gasteiger partial charge is 0.319 e. The highest BCUT2D eigenvalue weighted by Crippen LogP contribution is 2.28. The van der Waals surface area contributed by atoms with Crippen LogP contribution in [0.3, 0.4) is 0 Å². The molecule has 7 heteroatoms. The minimum Gasteiger partial charge on any atom is -0.319 e. The molecule has 0 saturated heterocycles. The van der Waals surface area contributed by atoms with Gasteiger partial charge < -0.3 is 5.32 Å². The molecular formula is C12H6BrCl3N2O. The molecular weight excluding hydrogens is 374 g/mol. The summed E-state index contributed by atoms with van der Waals surface area (Å²) >= 11 is 21.0. The Hall–Kier alpha value is -0.810. The van der Waals surface area contributed by atoms with E-state index in [-0.39, 0.29) is 15.7 Å². The van der Waals surface area contributed by atoms with E-state index in [1.165, 1.54) is 6.20 Å². The predicted octanol–water partition coefficient (Wildman–Crippen LogP) is 5.06. The number of nitrogens with one attached hydrogen (secondary N) is 1. The van der Waals surface area contributed by atoms with Crippen molar-refractivity contribution in [2.24, 2.45) is 0 Å². The number of rotatable bonds is 2. The molecule has 0 spiro atoms. The summed E-state index contributed by atoms with van der Waals surface area (Å²) in [4.78, 5) is 16.0. The molecule has 0 saturated carbocycles. The molecule has 19 heavy (non-hydrogen) atoms. The van der Waals surface area contributed by atoms with E-state index in [4.69, 9.17) is 34.8 Å². The number of hydrogen-bond donors (Lipinski definition) is 1. The van der Waals surface area contributed by atoms with Crippen LogP contribution in [0.5, 0.6) is 0 Å². The standard InChI is InChI=1S/C12H6BrCl3N2O/c13-6-4-9(11(16)17-5-6)18-12(19)7-2-1-3-8(14)10(7)15/h1-5H,(H,18,19). The van der Waals surface area contributed by atoms with Gasteiger partial charge in [-0.3, -0.25) is 4.79 Å². The highest BCUT2D eigenvalue weighted by molar-refractivity contribution is 9.10. The first kappa shape index (κ1) is 14.6. The van der Waals surface area contributed by atoms with Crippen molar-refractivity contribution in [1.29, 1.82) is 0 Å². The number of anilines is 1. The lowest BCUT2D eigenvalue weighted by Gasteiger charge is -2.08. The van der Waals surface area contributed by atoms with Gasteiger partial charge in [-0.25, -0.2) is 4.98 Å². The van der Waals surface area contributed by atoms with Gasteiger partial charge in [-0.1, -0.05) is 40.9 Å². The fourth-order valence-corrected chi connectivity index (χ4v) is 2.25. The van der Waals surface area contributed by atoms with Crippen LogP contribution in [0.25, 0.3) is 0 Å². The van der Waals surface area contributed by atoms with Gasteiger partial charge in [0.05, 0.1) is 21.3 Å². The minimum absolute atomic E-state index is 0.190. The Kier molecular flexibility index (Phi) is 4.68. The molecule has 1 N–H and O–H groups in total. The van der Waals surface area contributed by atoms with Gasteiger partial charge in [0.15, 0.2) is 5.15 Å². The highest BCUT2D eigenvalue weighted by Gasteiger charge is 2.14. The topological polar surface area (TPSA) is 42.0 Å². The quantitative estimate of drug-likeness (QED) is 0.740. The zero-order valence-electron chi connectivity index (χ0n) is 9.25. The molecule has 98 valence electrons. The molecule has 0 aliphatic rings. The molecule has 3 nitrogen and oxygen atoms in total. The molecule has 1 aromatic carbocycles. The van der Waals surface area contributed by atoms with E-state index in [0.717, 1.165) is 0 Å². The fraction of sp³-hybridized carbons (Fsp3) is 0. The molecule has 1 amide bonds. The van der Waals surface area contributed by atoms with Gasteiger partial charge in [0.1, 0.15) is 0 Å². The summed E-state index contributed by atoms with van der Waals surface area (Å²) in [7, 11) is 0. The van der Waals surface area contributed by atoms with E-state index in [1.54, 1.807) is 24.3 Å². The number of carbonyl (C=O) groups is 1. The summed E-state index contributed by atoms with van der Waals surface area (Å²) in [6.07, 6.45) is 1.53. The lowest BCUT2D eigenvalue weighted by atomic mass is 10.2. The van der Waals surface area contributed by atoms with Crippen LogP contribution in [-0.2, 0) is 0 Å². The molecule has 0 aliphatic heterocycles. The van der Waals surface area contributed by atoms with Crippen molar-refractivity contribution in [3.63, 3.8) is 0 Å². The number of nitrogens with zero attached hydrogens (tertiary/aromatic N) is 1. The summed E-state index contributed by atoms with van der Waals surface area (Å²) < 4.78 is 0.699. The predicted molar refractivity (Wildman–Crippen MR) is 81.4 cm³/mol. The van der Waals surface area contributed by atoms with Crippen molar-refractivity contribution < 1.29 is 4.79 Å². The Morgan fingerprint density at radius 3 is 2.74 bits per heavy atom. The van der Waals surface area contributed by atoms with Crippen LogP contribution in [0.15, 0.2) is 34.9 Å². The summed E-state index contributed by atoms with van der Waals surface area (Å²) in [5, 5.41) is 3.33. The van der Waals surface area contributed by atoms with Crippen LogP contribution in [0.1, 0.15) is 10.4 Å². The lowest BCUT2D eigenvalue weighted by molar-refractivity contribution is 0.102. The van der Waals surface area contributed by atoms with Gasteiger partial charge in [0.25, 0.3) is 5.91 Å². The van der Waals surface area contributed by atoms with Gasteiger partial charge in [-0.05, 0) is 34.1 Å². The number of aromatic nitrogens is 1. The maximum absolute atomic E-state index is 12.1. The van der Waals surface area contributed by atoms with E-state index in [9.17, 15) is 4.79 Å². The van der Waals surface area contributed by atoms with Gasteiger partial charge in [0, 0.05) is 10.7 Å². The van der Waals surface area contributed by atoms with Crippen LogP contribution < -0.4 is 5.32 Å². The first-order chi connectivity index (χ1) is 8.99. The van der Waals surface area contributed by atoms with Crippen molar-refractivity contribution in [1.82, 2.24) is 4.98 Å². The van der Waals surface area contributed by atoms with E-state index >= 15 is 0 Å². The SMILES string of the molecule is O=C(Nc1cc(Br)cnc1Cl)c1cccc(Cl)c1Cl. The van der Waals surface area contributed by atoms with Crippen LogP contribution in [-0.4, -0.2) is 10.9 Å². The van der Waals surface area contributed by atoms with Crippen LogP contribution in [0.2, 0.25) is 15.2 Å². The molecule has 0 fully saturated rings. The highest BCUT2D eigenvalue weighted by atomic mass is 79.9. The van der Waals surface area contributed by atoms with E-state index in [0.29, 0.717) is 15.2 Å². The van der Waals surface area contributed by atoms with Crippen molar-refractivity contribution in [2.75, 3.05) is 5.32 Å². The van der Waals surface area contributed by atoms with Crippen LogP contribution in [0, 0.1) is 0 Å². The number of carbonyl (C=O) groups excluding carboxylic acids is 1. The second-order valence-electron chi connectivity index (χ2n) is 3.55. The van der Waals surface area contributed by atoms with E-state index < -0.39 is 5.91 Å². The average molecular weight is 380 g/mol. The number of halogens is 4.